The Balaban J connectivity index is 1.60. The number of piperidine rings is 1. The summed E-state index contributed by atoms with van der Waals surface area (Å²) in [4.78, 5) is 20.6. The number of nitrogens with zero attached hydrogens (tertiary/aromatic N) is 4. The lowest BCUT2D eigenvalue weighted by atomic mass is 9.95. The molecule has 6 nitrogen and oxygen atoms in total. The summed E-state index contributed by atoms with van der Waals surface area (Å²) in [6.07, 6.45) is 5.45. The van der Waals surface area contributed by atoms with Gasteiger partial charge < -0.3 is 9.80 Å². The Morgan fingerprint density at radius 2 is 2.35 bits per heavy atom. The molecule has 1 N–H and O–H groups in total. The summed E-state index contributed by atoms with van der Waals surface area (Å²) in [5, 5.41) is 7.61. The summed E-state index contributed by atoms with van der Waals surface area (Å²) in [5.41, 5.74) is 1.11. The number of halogens is 1. The van der Waals surface area contributed by atoms with Crippen molar-refractivity contribution >= 4 is 23.3 Å². The zero-order valence-electron chi connectivity index (χ0n) is 13.1. The number of hydrogen-bond acceptors (Lipinski definition) is 4. The zero-order valence-corrected chi connectivity index (χ0v) is 13.8. The van der Waals surface area contributed by atoms with E-state index in [0.717, 1.165) is 37.4 Å². The van der Waals surface area contributed by atoms with Gasteiger partial charge in [0.15, 0.2) is 0 Å². The maximum Gasteiger partial charge on any atom is 0.242 e. The highest BCUT2D eigenvalue weighted by molar-refractivity contribution is 6.30. The van der Waals surface area contributed by atoms with E-state index >= 15 is 0 Å². The van der Waals surface area contributed by atoms with Crippen LogP contribution in [0.25, 0.3) is 0 Å². The Kier molecular flexibility index (Phi) is 4.81. The van der Waals surface area contributed by atoms with Crippen LogP contribution in [0.1, 0.15) is 24.5 Å². The van der Waals surface area contributed by atoms with Crippen LogP contribution in [0.15, 0.2) is 30.6 Å². The SMILES string of the molecule is CN(CC(=O)N1CCC[C@H](c2ccn[nH]2)C1)c1ccc(Cl)cn1. The van der Waals surface area contributed by atoms with Gasteiger partial charge in [0.2, 0.25) is 5.91 Å². The van der Waals surface area contributed by atoms with Crippen molar-refractivity contribution in [1.82, 2.24) is 20.1 Å². The molecule has 122 valence electrons. The lowest BCUT2D eigenvalue weighted by molar-refractivity contribution is -0.130. The van der Waals surface area contributed by atoms with Crippen LogP contribution in [-0.4, -0.2) is 52.7 Å². The predicted molar refractivity (Wildman–Crippen MR) is 89.7 cm³/mol. The fourth-order valence-corrected chi connectivity index (χ4v) is 3.04. The monoisotopic (exact) mass is 333 g/mol. The van der Waals surface area contributed by atoms with Crippen LogP contribution in [0.5, 0.6) is 0 Å². The standard InChI is InChI=1S/C16H20ClN5O/c1-21(15-5-4-13(17)9-18-15)11-16(23)22-8-2-3-12(10-22)14-6-7-19-20-14/h4-7,9,12H,2-3,8,10-11H2,1H3,(H,19,20)/t12-/m0/s1. The molecule has 3 rings (SSSR count). The summed E-state index contributed by atoms with van der Waals surface area (Å²) >= 11 is 5.84. The van der Waals surface area contributed by atoms with Gasteiger partial charge in [-0.25, -0.2) is 4.98 Å². The number of aromatic amines is 1. The van der Waals surface area contributed by atoms with Crippen LogP contribution >= 0.6 is 11.6 Å². The highest BCUT2D eigenvalue weighted by Gasteiger charge is 2.26. The van der Waals surface area contributed by atoms with Gasteiger partial charge in [-0.15, -0.1) is 0 Å². The van der Waals surface area contributed by atoms with E-state index in [1.165, 1.54) is 0 Å². The van der Waals surface area contributed by atoms with Gasteiger partial charge in [-0.05, 0) is 31.0 Å². The fourth-order valence-electron chi connectivity index (χ4n) is 2.93. The van der Waals surface area contributed by atoms with E-state index in [-0.39, 0.29) is 5.91 Å². The number of H-pyrrole nitrogens is 1. The third-order valence-electron chi connectivity index (χ3n) is 4.21. The van der Waals surface area contributed by atoms with Crippen LogP contribution in [0, 0.1) is 0 Å². The fraction of sp³-hybridized carbons (Fsp3) is 0.438. The number of carbonyl (C=O) groups is 1. The highest BCUT2D eigenvalue weighted by Crippen LogP contribution is 2.25. The van der Waals surface area contributed by atoms with Gasteiger partial charge in [0.05, 0.1) is 11.6 Å². The van der Waals surface area contributed by atoms with Crippen LogP contribution in [0.2, 0.25) is 5.02 Å². The number of carbonyl (C=O) groups excluding carboxylic acids is 1. The zero-order chi connectivity index (χ0) is 16.2. The van der Waals surface area contributed by atoms with Gasteiger partial charge in [-0.3, -0.25) is 9.89 Å². The number of aromatic nitrogens is 3. The summed E-state index contributed by atoms with van der Waals surface area (Å²) in [7, 11) is 1.87. The molecule has 2 aromatic heterocycles. The lowest BCUT2D eigenvalue weighted by Gasteiger charge is -2.33. The molecule has 0 unspecified atom stereocenters. The molecule has 2 aromatic rings. The molecule has 1 saturated heterocycles. The number of anilines is 1. The Bertz CT molecular complexity index is 643. The number of nitrogens with one attached hydrogen (secondary N) is 1. The van der Waals surface area contributed by atoms with Crippen LogP contribution < -0.4 is 4.90 Å². The molecular weight excluding hydrogens is 314 g/mol. The molecule has 1 amide bonds. The Labute approximate surface area is 140 Å². The van der Waals surface area contributed by atoms with E-state index in [9.17, 15) is 4.79 Å². The minimum atomic E-state index is 0.119. The van der Waals surface area contributed by atoms with Crippen molar-refractivity contribution in [3.63, 3.8) is 0 Å². The molecule has 23 heavy (non-hydrogen) atoms. The first-order valence-corrected chi connectivity index (χ1v) is 8.11. The minimum Gasteiger partial charge on any atom is -0.350 e. The normalized spacial score (nSPS) is 18.0. The maximum atomic E-state index is 12.6. The third kappa shape index (κ3) is 3.82. The summed E-state index contributed by atoms with van der Waals surface area (Å²) in [6.45, 7) is 1.86. The van der Waals surface area contributed by atoms with E-state index in [4.69, 9.17) is 11.6 Å². The van der Waals surface area contributed by atoms with Crippen LogP contribution in [0.3, 0.4) is 0 Å². The van der Waals surface area contributed by atoms with E-state index in [1.54, 1.807) is 18.5 Å². The Morgan fingerprint density at radius 1 is 1.48 bits per heavy atom. The summed E-state index contributed by atoms with van der Waals surface area (Å²) in [5.74, 6) is 1.20. The largest absolute Gasteiger partial charge is 0.350 e. The second-order valence-electron chi connectivity index (χ2n) is 5.88. The first kappa shape index (κ1) is 15.8. The van der Waals surface area contributed by atoms with Gasteiger partial charge in [0.1, 0.15) is 5.82 Å². The lowest BCUT2D eigenvalue weighted by Crippen LogP contribution is -2.44. The predicted octanol–water partition coefficient (Wildman–Crippen LogP) is 2.30. The van der Waals surface area contributed by atoms with Crippen molar-refractivity contribution in [3.8, 4) is 0 Å². The number of likely N-dealkylation sites (N-methyl/N-ethyl adjacent to an activating group) is 1. The topological polar surface area (TPSA) is 65.1 Å². The second kappa shape index (κ2) is 7.00. The molecule has 1 aliphatic rings. The minimum absolute atomic E-state index is 0.119. The first-order chi connectivity index (χ1) is 11.1. The highest BCUT2D eigenvalue weighted by atomic mass is 35.5. The molecule has 0 radical (unpaired) electrons. The Hall–Kier alpha value is -2.08. The average Bonchev–Trinajstić information content (AvgIpc) is 3.10. The number of hydrogen-bond donors (Lipinski definition) is 1. The van der Waals surface area contributed by atoms with Crippen molar-refractivity contribution in [3.05, 3.63) is 41.3 Å². The summed E-state index contributed by atoms with van der Waals surface area (Å²) in [6, 6.07) is 5.58. The van der Waals surface area contributed by atoms with Gasteiger partial charge >= 0.3 is 0 Å². The Morgan fingerprint density at radius 3 is 3.04 bits per heavy atom. The van der Waals surface area contributed by atoms with E-state index in [1.807, 2.05) is 29.0 Å². The molecule has 3 heterocycles. The van der Waals surface area contributed by atoms with Gasteiger partial charge in [0, 0.05) is 44.1 Å². The molecule has 1 atom stereocenters. The van der Waals surface area contributed by atoms with Crippen molar-refractivity contribution in [1.29, 1.82) is 0 Å². The van der Waals surface area contributed by atoms with Crippen LogP contribution in [0.4, 0.5) is 5.82 Å². The van der Waals surface area contributed by atoms with E-state index < -0.39 is 0 Å². The molecule has 1 fully saturated rings. The summed E-state index contributed by atoms with van der Waals surface area (Å²) < 4.78 is 0. The number of rotatable bonds is 4. The van der Waals surface area contributed by atoms with Crippen molar-refractivity contribution in [2.45, 2.75) is 18.8 Å². The molecule has 0 spiro atoms. The average molecular weight is 334 g/mol. The third-order valence-corrected chi connectivity index (χ3v) is 4.44. The maximum absolute atomic E-state index is 12.6. The molecule has 0 aromatic carbocycles. The van der Waals surface area contributed by atoms with Gasteiger partial charge in [-0.1, -0.05) is 11.6 Å². The van der Waals surface area contributed by atoms with E-state index in [2.05, 4.69) is 15.2 Å². The van der Waals surface area contributed by atoms with Gasteiger partial charge in [-0.2, -0.15) is 5.10 Å². The molecule has 0 saturated carbocycles. The molecule has 0 bridgehead atoms. The number of amides is 1. The van der Waals surface area contributed by atoms with E-state index in [0.29, 0.717) is 17.5 Å². The van der Waals surface area contributed by atoms with Gasteiger partial charge in [0.25, 0.3) is 0 Å². The second-order valence-corrected chi connectivity index (χ2v) is 6.32. The van der Waals surface area contributed by atoms with Crippen molar-refractivity contribution < 1.29 is 4.79 Å². The number of pyridine rings is 1. The number of likely N-dealkylation sites (tertiary alicyclic amines) is 1. The quantitative estimate of drug-likeness (QED) is 0.932. The van der Waals surface area contributed by atoms with Crippen LogP contribution in [-0.2, 0) is 4.79 Å². The first-order valence-electron chi connectivity index (χ1n) is 7.73. The molecule has 7 heteroatoms. The molecule has 1 aliphatic heterocycles. The van der Waals surface area contributed by atoms with Crippen molar-refractivity contribution in [2.75, 3.05) is 31.6 Å². The smallest absolute Gasteiger partial charge is 0.242 e. The molecular formula is C16H20ClN5O. The van der Waals surface area contributed by atoms with Crippen molar-refractivity contribution in [2.24, 2.45) is 0 Å². The molecule has 0 aliphatic carbocycles.